The van der Waals surface area contributed by atoms with E-state index in [1.807, 2.05) is 0 Å². The van der Waals surface area contributed by atoms with Gasteiger partial charge in [0.25, 0.3) is 0 Å². The van der Waals surface area contributed by atoms with Gasteiger partial charge >= 0.3 is 0 Å². The van der Waals surface area contributed by atoms with E-state index in [2.05, 4.69) is 90.9 Å². The van der Waals surface area contributed by atoms with E-state index >= 15 is 0 Å². The molecule has 0 radical (unpaired) electrons. The van der Waals surface area contributed by atoms with E-state index < -0.39 is 0 Å². The molecule has 22 heavy (non-hydrogen) atoms. The minimum atomic E-state index is -0.0571. The molecule has 0 nitrogen and oxygen atoms in total. The molecule has 0 amide bonds. The average molecular weight is 326 g/mol. The van der Waals surface area contributed by atoms with Crippen LogP contribution in [0.15, 0.2) is 0 Å². The van der Waals surface area contributed by atoms with Crippen LogP contribution in [0.4, 0.5) is 0 Å². The van der Waals surface area contributed by atoms with Crippen LogP contribution in [0.2, 0.25) is 5.31 Å². The summed E-state index contributed by atoms with van der Waals surface area (Å²) in [5.74, 6) is 1.25. The summed E-state index contributed by atoms with van der Waals surface area (Å²) in [6, 6.07) is 0. The van der Waals surface area contributed by atoms with Crippen LogP contribution < -0.4 is 0 Å². The zero-order chi connectivity index (χ0) is 18.4. The highest BCUT2D eigenvalue weighted by Gasteiger charge is 2.59. The number of hydrogen-bond donors (Lipinski definition) is 1. The van der Waals surface area contributed by atoms with Crippen LogP contribution >= 0.6 is 12.6 Å². The molecule has 2 heteroatoms. The van der Waals surface area contributed by atoms with E-state index in [1.165, 1.54) is 6.42 Å². The first-order valence-electron chi connectivity index (χ1n) is 9.03. The van der Waals surface area contributed by atoms with Crippen LogP contribution in [-0.2, 0) is 0 Å². The van der Waals surface area contributed by atoms with Crippen molar-refractivity contribution in [3.05, 3.63) is 0 Å². The Hall–Kier alpha value is 0.415. The molecule has 0 aromatic heterocycles. The summed E-state index contributed by atoms with van der Waals surface area (Å²) in [5, 5.41) is 0.142. The van der Waals surface area contributed by atoms with Crippen LogP contribution in [0.3, 0.4) is 0 Å². The van der Waals surface area contributed by atoms with Gasteiger partial charge in [-0.2, -0.15) is 12.6 Å². The molecule has 0 spiro atoms. The molecule has 0 fully saturated rings. The predicted molar refractivity (Wildman–Crippen MR) is 110 cm³/mol. The summed E-state index contributed by atoms with van der Waals surface area (Å²) in [4.78, 5) is 0. The van der Waals surface area contributed by atoms with Crippen LogP contribution in [0.5, 0.6) is 0 Å². The molecule has 0 saturated carbocycles. The SMILES string of the molecule is BC(C)(C)C(C)(S)C(C)(C(C)C(C)C)C(C)(C)CC(C)(C)C. The molecule has 0 aliphatic heterocycles. The van der Waals surface area contributed by atoms with Gasteiger partial charge in [-0.15, -0.1) is 0 Å². The summed E-state index contributed by atoms with van der Waals surface area (Å²) in [7, 11) is 2.35. The lowest BCUT2D eigenvalue weighted by Gasteiger charge is -2.63. The second-order valence-electron chi connectivity index (χ2n) is 11.2. The molecule has 3 unspecified atom stereocenters. The van der Waals surface area contributed by atoms with Crippen molar-refractivity contribution in [2.24, 2.45) is 28.1 Å². The molecule has 0 N–H and O–H groups in total. The van der Waals surface area contributed by atoms with Crippen molar-refractivity contribution < 1.29 is 0 Å². The minimum absolute atomic E-state index is 0.0571. The largest absolute Gasteiger partial charge is 0.172 e. The Labute approximate surface area is 148 Å². The van der Waals surface area contributed by atoms with Gasteiger partial charge < -0.3 is 0 Å². The van der Waals surface area contributed by atoms with Gasteiger partial charge in [-0.25, -0.2) is 0 Å². The lowest BCUT2D eigenvalue weighted by atomic mass is 9.43. The van der Waals surface area contributed by atoms with Gasteiger partial charge in [0, 0.05) is 4.75 Å². The maximum atomic E-state index is 5.32. The van der Waals surface area contributed by atoms with E-state index in [4.69, 9.17) is 12.6 Å². The van der Waals surface area contributed by atoms with Crippen molar-refractivity contribution in [1.82, 2.24) is 0 Å². The van der Waals surface area contributed by atoms with Crippen molar-refractivity contribution in [3.63, 3.8) is 0 Å². The quantitative estimate of drug-likeness (QED) is 0.432. The fraction of sp³-hybridized carbons (Fsp3) is 1.00. The highest BCUT2D eigenvalue weighted by Crippen LogP contribution is 2.65. The van der Waals surface area contributed by atoms with E-state index in [0.717, 1.165) is 0 Å². The van der Waals surface area contributed by atoms with Gasteiger partial charge in [-0.05, 0) is 39.8 Å². The summed E-state index contributed by atoms with van der Waals surface area (Å²) in [6.45, 7) is 28.8. The third-order valence-corrected chi connectivity index (χ3v) is 7.90. The van der Waals surface area contributed by atoms with Crippen molar-refractivity contribution in [3.8, 4) is 0 Å². The second kappa shape index (κ2) is 6.38. The topological polar surface area (TPSA) is 0 Å². The average Bonchev–Trinajstić information content (AvgIpc) is 2.21. The zero-order valence-electron chi connectivity index (χ0n) is 17.8. The summed E-state index contributed by atoms with van der Waals surface area (Å²) < 4.78 is -0.0571. The Morgan fingerprint density at radius 1 is 0.818 bits per heavy atom. The lowest BCUT2D eigenvalue weighted by molar-refractivity contribution is -0.0588. The first-order valence-corrected chi connectivity index (χ1v) is 9.48. The van der Waals surface area contributed by atoms with Gasteiger partial charge in [0.15, 0.2) is 0 Å². The van der Waals surface area contributed by atoms with E-state index in [9.17, 15) is 0 Å². The van der Waals surface area contributed by atoms with Crippen LogP contribution in [0, 0.1) is 28.1 Å². The number of rotatable bonds is 6. The molecule has 0 bridgehead atoms. The molecule has 3 atom stereocenters. The molecule has 0 aliphatic carbocycles. The third-order valence-electron chi connectivity index (χ3n) is 6.76. The van der Waals surface area contributed by atoms with Gasteiger partial charge in [-0.1, -0.05) is 83.1 Å². The minimum Gasteiger partial charge on any atom is -0.172 e. The van der Waals surface area contributed by atoms with Crippen molar-refractivity contribution >= 4 is 20.5 Å². The smallest absolute Gasteiger partial charge is 0.110 e. The normalized spacial score (nSPS) is 21.4. The van der Waals surface area contributed by atoms with Crippen LogP contribution in [0.1, 0.15) is 89.5 Å². The first-order chi connectivity index (χ1) is 9.31. The van der Waals surface area contributed by atoms with Crippen molar-refractivity contribution in [2.75, 3.05) is 0 Å². The molecular formula is C20H43BS. The molecule has 0 rings (SSSR count). The Kier molecular flexibility index (Phi) is 6.50. The van der Waals surface area contributed by atoms with Gasteiger partial charge in [0.2, 0.25) is 0 Å². The Balaban J connectivity index is 6.27. The molecule has 0 heterocycles. The Bertz CT molecular complexity index is 368. The first kappa shape index (κ1) is 22.4. The van der Waals surface area contributed by atoms with Crippen LogP contribution in [0.25, 0.3) is 0 Å². The molecular weight excluding hydrogens is 283 g/mol. The van der Waals surface area contributed by atoms with E-state index in [-0.39, 0.29) is 20.9 Å². The maximum absolute atomic E-state index is 5.32. The number of hydrogen-bond acceptors (Lipinski definition) is 1. The summed E-state index contributed by atoms with van der Waals surface area (Å²) in [6.07, 6.45) is 1.21. The maximum Gasteiger partial charge on any atom is 0.110 e. The standard InChI is InChI=1S/C20H43BS/c1-14(2)15(3)19(11,20(12,22)18(9,10)21)17(7,8)13-16(4,5)6/h14-15,22H,13,21H2,1-12H3. The third kappa shape index (κ3) is 4.08. The Morgan fingerprint density at radius 2 is 1.18 bits per heavy atom. The highest BCUT2D eigenvalue weighted by molar-refractivity contribution is 7.82. The monoisotopic (exact) mass is 326 g/mol. The van der Waals surface area contributed by atoms with Gasteiger partial charge in [0.1, 0.15) is 7.85 Å². The molecule has 0 saturated heterocycles. The zero-order valence-corrected chi connectivity index (χ0v) is 18.7. The highest BCUT2D eigenvalue weighted by atomic mass is 32.1. The molecule has 132 valence electrons. The lowest BCUT2D eigenvalue weighted by Crippen LogP contribution is -2.59. The van der Waals surface area contributed by atoms with Gasteiger partial charge in [0.05, 0.1) is 0 Å². The molecule has 0 aromatic carbocycles. The van der Waals surface area contributed by atoms with Crippen molar-refractivity contribution in [2.45, 2.75) is 99.6 Å². The summed E-state index contributed by atoms with van der Waals surface area (Å²) >= 11 is 5.32. The predicted octanol–water partition coefficient (Wildman–Crippen LogP) is 6.27. The fourth-order valence-corrected chi connectivity index (χ4v) is 5.18. The van der Waals surface area contributed by atoms with E-state index in [1.54, 1.807) is 0 Å². The van der Waals surface area contributed by atoms with Crippen LogP contribution in [-0.4, -0.2) is 12.6 Å². The Morgan fingerprint density at radius 3 is 1.41 bits per heavy atom. The van der Waals surface area contributed by atoms with Crippen molar-refractivity contribution in [1.29, 1.82) is 0 Å². The molecule has 0 aromatic rings. The number of thiol groups is 1. The summed E-state index contributed by atoms with van der Waals surface area (Å²) in [5.41, 5.74) is 0.657. The van der Waals surface area contributed by atoms with E-state index in [0.29, 0.717) is 17.3 Å². The fourth-order valence-electron chi connectivity index (χ4n) is 4.67. The second-order valence-corrected chi connectivity index (χ2v) is 12.1. The molecule has 0 aliphatic rings. The van der Waals surface area contributed by atoms with Gasteiger partial charge in [-0.3, -0.25) is 0 Å².